The Bertz CT molecular complexity index is 354. The summed E-state index contributed by atoms with van der Waals surface area (Å²) in [4.78, 5) is 14.2. The van der Waals surface area contributed by atoms with Crippen molar-refractivity contribution in [2.75, 3.05) is 0 Å². The van der Waals surface area contributed by atoms with Crippen LogP contribution in [0.5, 0.6) is 0 Å². The molecule has 0 saturated carbocycles. The van der Waals surface area contributed by atoms with Gasteiger partial charge in [-0.15, -0.1) is 0 Å². The van der Waals surface area contributed by atoms with Gasteiger partial charge in [0.25, 0.3) is 5.69 Å². The summed E-state index contributed by atoms with van der Waals surface area (Å²) in [6.45, 7) is 1.79. The first kappa shape index (κ1) is 11.1. The molecule has 2 N–H and O–H groups in total. The zero-order valence-corrected chi connectivity index (χ0v) is 9.19. The molecule has 0 unspecified atom stereocenters. The molecule has 14 heavy (non-hydrogen) atoms. The smallest absolute Gasteiger partial charge is 0.291 e. The van der Waals surface area contributed by atoms with Crippen LogP contribution in [0.25, 0.3) is 0 Å². The van der Waals surface area contributed by atoms with E-state index in [2.05, 4.69) is 20.9 Å². The Labute approximate surface area is 89.6 Å². The molecule has 0 aromatic carbocycles. The van der Waals surface area contributed by atoms with E-state index in [1.165, 1.54) is 12.3 Å². The van der Waals surface area contributed by atoms with E-state index in [1.54, 1.807) is 6.92 Å². The van der Waals surface area contributed by atoms with Gasteiger partial charge in [-0.2, -0.15) is 0 Å². The van der Waals surface area contributed by atoms with E-state index in [9.17, 15) is 10.1 Å². The minimum Gasteiger partial charge on any atom is -0.328 e. The number of nitrogens with zero attached hydrogens (tertiary/aromatic N) is 2. The molecule has 1 aromatic rings. The number of halogens is 1. The highest BCUT2D eigenvalue weighted by atomic mass is 79.9. The second kappa shape index (κ2) is 4.47. The molecule has 0 aliphatic carbocycles. The maximum atomic E-state index is 10.7. The molecule has 1 heterocycles. The third kappa shape index (κ3) is 2.74. The third-order valence-corrected chi connectivity index (χ3v) is 2.06. The van der Waals surface area contributed by atoms with Crippen LogP contribution < -0.4 is 5.73 Å². The lowest BCUT2D eigenvalue weighted by Gasteiger charge is -2.04. The third-order valence-electron chi connectivity index (χ3n) is 1.63. The standard InChI is InChI=1S/C8H10BrN3O2/c1-5(10)2-7-8(12(13)14)3-6(9)4-11-7/h3-5H,2,10H2,1H3/t5-/m0/s1. The first-order chi connectivity index (χ1) is 6.50. The summed E-state index contributed by atoms with van der Waals surface area (Å²) in [7, 11) is 0. The normalized spacial score (nSPS) is 12.5. The predicted molar refractivity (Wildman–Crippen MR) is 55.9 cm³/mol. The Morgan fingerprint density at radius 1 is 1.79 bits per heavy atom. The minimum absolute atomic E-state index is 0.0108. The van der Waals surface area contributed by atoms with Crippen molar-refractivity contribution < 1.29 is 4.92 Å². The highest BCUT2D eigenvalue weighted by Crippen LogP contribution is 2.21. The molecule has 1 atom stereocenters. The highest BCUT2D eigenvalue weighted by Gasteiger charge is 2.16. The second-order valence-corrected chi connectivity index (χ2v) is 3.97. The molecule has 0 radical (unpaired) electrons. The van der Waals surface area contributed by atoms with Crippen molar-refractivity contribution in [2.24, 2.45) is 5.73 Å². The summed E-state index contributed by atoms with van der Waals surface area (Å²) in [5, 5.41) is 10.7. The van der Waals surface area contributed by atoms with Gasteiger partial charge in [-0.3, -0.25) is 15.1 Å². The molecular weight excluding hydrogens is 250 g/mol. The maximum absolute atomic E-state index is 10.7. The number of hydrogen-bond acceptors (Lipinski definition) is 4. The molecule has 1 aromatic heterocycles. The first-order valence-electron chi connectivity index (χ1n) is 4.05. The van der Waals surface area contributed by atoms with Crippen molar-refractivity contribution in [2.45, 2.75) is 19.4 Å². The van der Waals surface area contributed by atoms with Gasteiger partial charge in [0.05, 0.1) is 4.92 Å². The van der Waals surface area contributed by atoms with Crippen molar-refractivity contribution in [1.29, 1.82) is 0 Å². The van der Waals surface area contributed by atoms with E-state index in [0.29, 0.717) is 16.6 Å². The average molecular weight is 260 g/mol. The molecule has 5 nitrogen and oxygen atoms in total. The largest absolute Gasteiger partial charge is 0.328 e. The zero-order valence-electron chi connectivity index (χ0n) is 7.61. The monoisotopic (exact) mass is 259 g/mol. The van der Waals surface area contributed by atoms with Gasteiger partial charge in [0, 0.05) is 29.2 Å². The highest BCUT2D eigenvalue weighted by molar-refractivity contribution is 9.10. The van der Waals surface area contributed by atoms with Gasteiger partial charge in [-0.1, -0.05) is 0 Å². The van der Waals surface area contributed by atoms with Gasteiger partial charge in [0.15, 0.2) is 0 Å². The van der Waals surface area contributed by atoms with Crippen LogP contribution in [0.3, 0.4) is 0 Å². The van der Waals surface area contributed by atoms with Crippen LogP contribution >= 0.6 is 15.9 Å². The number of rotatable bonds is 3. The summed E-state index contributed by atoms with van der Waals surface area (Å²) >= 11 is 3.13. The summed E-state index contributed by atoms with van der Waals surface area (Å²) in [6, 6.07) is 1.30. The SMILES string of the molecule is C[C@H](N)Cc1ncc(Br)cc1[N+](=O)[O-]. The molecule has 0 amide bonds. The van der Waals surface area contributed by atoms with Gasteiger partial charge in [0.2, 0.25) is 0 Å². The van der Waals surface area contributed by atoms with Crippen LogP contribution in [0.2, 0.25) is 0 Å². The molecule has 1 rings (SSSR count). The Hall–Kier alpha value is -1.01. The van der Waals surface area contributed by atoms with Crippen molar-refractivity contribution in [3.63, 3.8) is 0 Å². The Balaban J connectivity index is 3.08. The number of nitrogens with two attached hydrogens (primary N) is 1. The minimum atomic E-state index is -0.449. The van der Waals surface area contributed by atoms with Crippen molar-refractivity contribution in [1.82, 2.24) is 4.98 Å². The number of pyridine rings is 1. The van der Waals surface area contributed by atoms with Gasteiger partial charge in [-0.05, 0) is 22.9 Å². The number of hydrogen-bond donors (Lipinski definition) is 1. The Morgan fingerprint density at radius 3 is 2.93 bits per heavy atom. The Kier molecular flexibility index (Phi) is 3.54. The van der Waals surface area contributed by atoms with Crippen molar-refractivity contribution in [3.8, 4) is 0 Å². The molecule has 0 saturated heterocycles. The summed E-state index contributed by atoms with van der Waals surface area (Å²) < 4.78 is 0.595. The zero-order chi connectivity index (χ0) is 10.7. The van der Waals surface area contributed by atoms with Crippen LogP contribution in [-0.4, -0.2) is 15.9 Å². The van der Waals surface area contributed by atoms with Gasteiger partial charge in [0.1, 0.15) is 5.69 Å². The molecule has 0 aliphatic heterocycles. The molecule has 76 valence electrons. The molecule has 6 heteroatoms. The van der Waals surface area contributed by atoms with Crippen LogP contribution in [0, 0.1) is 10.1 Å². The van der Waals surface area contributed by atoms with Gasteiger partial charge in [-0.25, -0.2) is 0 Å². The fourth-order valence-corrected chi connectivity index (χ4v) is 1.40. The van der Waals surface area contributed by atoms with E-state index >= 15 is 0 Å². The lowest BCUT2D eigenvalue weighted by Crippen LogP contribution is -2.19. The van der Waals surface area contributed by atoms with Crippen molar-refractivity contribution in [3.05, 3.63) is 32.5 Å². The quantitative estimate of drug-likeness (QED) is 0.661. The fourth-order valence-electron chi connectivity index (χ4n) is 1.08. The molecule has 0 bridgehead atoms. The molecular formula is C8H10BrN3O2. The fraction of sp³-hybridized carbons (Fsp3) is 0.375. The summed E-state index contributed by atoms with van der Waals surface area (Å²) in [5.74, 6) is 0. The Morgan fingerprint density at radius 2 is 2.43 bits per heavy atom. The van der Waals surface area contributed by atoms with Crippen LogP contribution in [0.15, 0.2) is 16.7 Å². The summed E-state index contributed by atoms with van der Waals surface area (Å²) in [6.07, 6.45) is 1.94. The lowest BCUT2D eigenvalue weighted by atomic mass is 10.1. The van der Waals surface area contributed by atoms with Crippen LogP contribution in [-0.2, 0) is 6.42 Å². The lowest BCUT2D eigenvalue weighted by molar-refractivity contribution is -0.386. The van der Waals surface area contributed by atoms with Gasteiger partial charge >= 0.3 is 0 Å². The van der Waals surface area contributed by atoms with E-state index in [4.69, 9.17) is 5.73 Å². The van der Waals surface area contributed by atoms with Crippen molar-refractivity contribution >= 4 is 21.6 Å². The average Bonchev–Trinajstić information content (AvgIpc) is 2.07. The van der Waals surface area contributed by atoms with E-state index in [-0.39, 0.29) is 11.7 Å². The van der Waals surface area contributed by atoms with Crippen LogP contribution in [0.4, 0.5) is 5.69 Å². The first-order valence-corrected chi connectivity index (χ1v) is 4.84. The second-order valence-electron chi connectivity index (χ2n) is 3.06. The number of nitro groups is 1. The predicted octanol–water partition coefficient (Wildman–Crippen LogP) is 1.64. The van der Waals surface area contributed by atoms with E-state index in [0.717, 1.165) is 0 Å². The topological polar surface area (TPSA) is 82.0 Å². The van der Waals surface area contributed by atoms with Crippen LogP contribution in [0.1, 0.15) is 12.6 Å². The molecule has 0 aliphatic rings. The van der Waals surface area contributed by atoms with E-state index < -0.39 is 4.92 Å². The molecule has 0 fully saturated rings. The maximum Gasteiger partial charge on any atom is 0.291 e. The van der Waals surface area contributed by atoms with E-state index in [1.807, 2.05) is 0 Å². The summed E-state index contributed by atoms with van der Waals surface area (Å²) in [5.41, 5.74) is 5.99. The molecule has 0 spiro atoms. The number of aromatic nitrogens is 1. The van der Waals surface area contributed by atoms with Gasteiger partial charge < -0.3 is 5.73 Å².